The highest BCUT2D eigenvalue weighted by Gasteiger charge is 2.69. The average molecular weight is 652 g/mol. The number of benzene rings is 2. The SMILES string of the molecule is Cc1ccc(N2C(=O)C3C(C2=O)[C@@H]2C[C@H]3C3Sc4[nH]c(=O)sc4[C@H](c4cc(Cl)ccc4OCC(=O)N4CCOCC4)C32)cc1. The number of aryl methyl sites for hydroxylation is 1. The second-order valence-corrected chi connectivity index (χ2v) is 14.9. The van der Waals surface area contributed by atoms with Gasteiger partial charge in [-0.25, -0.2) is 0 Å². The Bertz CT molecular complexity index is 1730. The van der Waals surface area contributed by atoms with Gasteiger partial charge in [0.15, 0.2) is 6.61 Å². The molecule has 8 rings (SSSR count). The van der Waals surface area contributed by atoms with Crippen LogP contribution in [0.4, 0.5) is 5.69 Å². The molecule has 0 spiro atoms. The number of carbonyl (C=O) groups is 3. The molecule has 1 N–H and O–H groups in total. The van der Waals surface area contributed by atoms with Crippen LogP contribution in [0.15, 0.2) is 52.3 Å². The molecule has 2 aliphatic carbocycles. The number of amides is 3. The molecule has 2 saturated carbocycles. The largest absolute Gasteiger partial charge is 0.483 e. The molecule has 9 nitrogen and oxygen atoms in total. The van der Waals surface area contributed by atoms with Crippen LogP contribution in [0.2, 0.25) is 5.02 Å². The van der Waals surface area contributed by atoms with Gasteiger partial charge in [0.1, 0.15) is 5.75 Å². The summed E-state index contributed by atoms with van der Waals surface area (Å²) in [7, 11) is 0. The van der Waals surface area contributed by atoms with Crippen LogP contribution in [-0.4, -0.2) is 65.8 Å². The molecule has 2 bridgehead atoms. The smallest absolute Gasteiger partial charge is 0.305 e. The van der Waals surface area contributed by atoms with Crippen LogP contribution < -0.4 is 14.5 Å². The number of hydrogen-bond donors (Lipinski definition) is 1. The first kappa shape index (κ1) is 28.4. The van der Waals surface area contributed by atoms with Gasteiger partial charge in [-0.2, -0.15) is 0 Å². The number of carbonyl (C=O) groups excluding carboxylic acids is 3. The number of thiazole rings is 1. The number of ether oxygens (including phenoxy) is 2. The fraction of sp³-hybridized carbons (Fsp3) is 0.438. The van der Waals surface area contributed by atoms with Crippen LogP contribution in [0.25, 0.3) is 0 Å². The number of rotatable bonds is 5. The van der Waals surface area contributed by atoms with Crippen LogP contribution in [0.3, 0.4) is 0 Å². The zero-order valence-electron chi connectivity index (χ0n) is 23.9. The summed E-state index contributed by atoms with van der Waals surface area (Å²) in [6, 6.07) is 12.9. The molecule has 12 heteroatoms. The number of thioether (sulfide) groups is 1. The van der Waals surface area contributed by atoms with Gasteiger partial charge in [-0.1, -0.05) is 40.6 Å². The van der Waals surface area contributed by atoms with E-state index in [1.54, 1.807) is 28.8 Å². The van der Waals surface area contributed by atoms with Crippen LogP contribution in [-0.2, 0) is 19.1 Å². The summed E-state index contributed by atoms with van der Waals surface area (Å²) < 4.78 is 11.6. The fourth-order valence-electron chi connectivity index (χ4n) is 8.25. The van der Waals surface area contributed by atoms with Gasteiger partial charge in [-0.3, -0.25) is 24.1 Å². The Hall–Kier alpha value is -3.12. The van der Waals surface area contributed by atoms with E-state index in [1.165, 1.54) is 16.2 Å². The summed E-state index contributed by atoms with van der Waals surface area (Å²) >= 11 is 9.39. The Morgan fingerprint density at radius 3 is 2.52 bits per heavy atom. The monoisotopic (exact) mass is 651 g/mol. The molecule has 4 unspecified atom stereocenters. The van der Waals surface area contributed by atoms with Crippen molar-refractivity contribution in [2.24, 2.45) is 29.6 Å². The van der Waals surface area contributed by atoms with Crippen molar-refractivity contribution in [3.8, 4) is 5.75 Å². The van der Waals surface area contributed by atoms with Crippen molar-refractivity contribution in [1.82, 2.24) is 9.88 Å². The third kappa shape index (κ3) is 4.38. The van der Waals surface area contributed by atoms with Gasteiger partial charge < -0.3 is 19.4 Å². The molecular weight excluding hydrogens is 622 g/mol. The minimum atomic E-state index is -0.415. The summed E-state index contributed by atoms with van der Waals surface area (Å²) in [6.07, 6.45) is 0.777. The molecular formula is C32H30ClN3O6S2. The van der Waals surface area contributed by atoms with E-state index in [-0.39, 0.29) is 64.0 Å². The first-order chi connectivity index (χ1) is 21.3. The first-order valence-corrected chi connectivity index (χ1v) is 17.0. The Labute approximate surface area is 266 Å². The van der Waals surface area contributed by atoms with Gasteiger partial charge in [0.25, 0.3) is 5.91 Å². The lowest BCUT2D eigenvalue weighted by molar-refractivity contribution is -0.137. The standard InChI is InChI=1S/C32H30ClN3O6S2/c1-15-2-5-17(6-3-15)36-30(38)25-19-13-20(26(25)31(36)39)27-24(19)23(28-29(43-27)34-32(40)44-28)18-12-16(33)4-7-21(18)42-14-22(37)35-8-10-41-11-9-35/h2-7,12,19-20,23-27H,8-11,13-14H2,1H3,(H,34,40)/t19-,20-,23-,24?,25?,26?,27?/m1/s1. The van der Waals surface area contributed by atoms with Crippen molar-refractivity contribution in [3.05, 3.63) is 73.2 Å². The number of aromatic nitrogens is 1. The number of aromatic amines is 1. The van der Waals surface area contributed by atoms with Crippen LogP contribution >= 0.6 is 34.7 Å². The van der Waals surface area contributed by atoms with Crippen molar-refractivity contribution in [1.29, 1.82) is 0 Å². The second-order valence-electron chi connectivity index (χ2n) is 12.3. The quantitative estimate of drug-likeness (QED) is 0.410. The molecule has 2 aromatic carbocycles. The Morgan fingerprint density at radius 1 is 1.05 bits per heavy atom. The number of nitrogens with zero attached hydrogens (tertiary/aromatic N) is 2. The Morgan fingerprint density at radius 2 is 1.77 bits per heavy atom. The minimum Gasteiger partial charge on any atom is -0.483 e. The van der Waals surface area contributed by atoms with Crippen molar-refractivity contribution >= 4 is 58.1 Å². The first-order valence-electron chi connectivity index (χ1n) is 14.9. The normalized spacial score (nSPS) is 30.4. The Balaban J connectivity index is 1.16. The predicted octanol–water partition coefficient (Wildman–Crippen LogP) is 4.31. The lowest BCUT2D eigenvalue weighted by Gasteiger charge is -2.43. The number of anilines is 1. The molecule has 228 valence electrons. The molecule has 5 aliphatic rings. The molecule has 3 amide bonds. The van der Waals surface area contributed by atoms with Gasteiger partial charge in [-0.05, 0) is 61.4 Å². The molecule has 2 saturated heterocycles. The van der Waals surface area contributed by atoms with Gasteiger partial charge in [0.2, 0.25) is 11.8 Å². The van der Waals surface area contributed by atoms with Crippen molar-refractivity contribution in [2.45, 2.75) is 29.5 Å². The topological polar surface area (TPSA) is 109 Å². The number of imide groups is 1. The molecule has 0 radical (unpaired) electrons. The number of nitrogens with one attached hydrogen (secondary N) is 1. The summed E-state index contributed by atoms with van der Waals surface area (Å²) in [4.78, 5) is 60.5. The summed E-state index contributed by atoms with van der Waals surface area (Å²) in [6.45, 7) is 3.90. The van der Waals surface area contributed by atoms with Gasteiger partial charge in [-0.15, -0.1) is 11.8 Å². The molecule has 3 aliphatic heterocycles. The molecule has 4 heterocycles. The van der Waals surface area contributed by atoms with Gasteiger partial charge >= 0.3 is 4.87 Å². The molecule has 44 heavy (non-hydrogen) atoms. The Kier molecular flexibility index (Phi) is 6.93. The highest BCUT2D eigenvalue weighted by Crippen LogP contribution is 2.69. The zero-order valence-corrected chi connectivity index (χ0v) is 26.3. The molecule has 4 fully saturated rings. The number of halogens is 1. The maximum absolute atomic E-state index is 14.0. The summed E-state index contributed by atoms with van der Waals surface area (Å²) in [5, 5.41) is 1.35. The number of morpholine rings is 1. The van der Waals surface area contributed by atoms with E-state index in [2.05, 4.69) is 4.98 Å². The third-order valence-electron chi connectivity index (χ3n) is 10.0. The van der Waals surface area contributed by atoms with E-state index in [4.69, 9.17) is 21.1 Å². The minimum absolute atomic E-state index is 0.00241. The maximum Gasteiger partial charge on any atom is 0.305 e. The summed E-state index contributed by atoms with van der Waals surface area (Å²) in [5.41, 5.74) is 2.48. The van der Waals surface area contributed by atoms with Crippen LogP contribution in [0.1, 0.15) is 28.3 Å². The van der Waals surface area contributed by atoms with E-state index in [0.29, 0.717) is 42.8 Å². The highest BCUT2D eigenvalue weighted by molar-refractivity contribution is 8.00. The van der Waals surface area contributed by atoms with E-state index in [1.807, 2.05) is 37.3 Å². The lowest BCUT2D eigenvalue weighted by atomic mass is 9.68. The number of fused-ring (bicyclic) bond motifs is 9. The van der Waals surface area contributed by atoms with Crippen molar-refractivity contribution in [2.75, 3.05) is 37.8 Å². The second kappa shape index (κ2) is 10.8. The number of H-pyrrole nitrogens is 1. The van der Waals surface area contributed by atoms with E-state index in [9.17, 15) is 19.2 Å². The van der Waals surface area contributed by atoms with Gasteiger partial charge in [0, 0.05) is 39.7 Å². The maximum atomic E-state index is 14.0. The van der Waals surface area contributed by atoms with Crippen LogP contribution in [0, 0.1) is 36.5 Å². The highest BCUT2D eigenvalue weighted by atomic mass is 35.5. The molecule has 1 aromatic heterocycles. The van der Waals surface area contributed by atoms with Crippen molar-refractivity contribution < 1.29 is 23.9 Å². The van der Waals surface area contributed by atoms with Crippen molar-refractivity contribution in [3.63, 3.8) is 0 Å². The lowest BCUT2D eigenvalue weighted by Crippen LogP contribution is -2.43. The fourth-order valence-corrected chi connectivity index (χ4v) is 11.3. The molecule has 3 aromatic rings. The number of hydrogen-bond acceptors (Lipinski definition) is 8. The van der Waals surface area contributed by atoms with Crippen LogP contribution in [0.5, 0.6) is 5.75 Å². The summed E-state index contributed by atoms with van der Waals surface area (Å²) in [5.74, 6) is -0.979. The van der Waals surface area contributed by atoms with E-state index < -0.39 is 5.92 Å². The average Bonchev–Trinajstić information content (AvgIpc) is 3.76. The van der Waals surface area contributed by atoms with E-state index >= 15 is 0 Å². The third-order valence-corrected chi connectivity index (χ3v) is 12.9. The predicted molar refractivity (Wildman–Crippen MR) is 167 cm³/mol. The zero-order chi connectivity index (χ0) is 30.3. The van der Waals surface area contributed by atoms with E-state index in [0.717, 1.165) is 27.5 Å². The molecule has 7 atom stereocenters. The van der Waals surface area contributed by atoms with Gasteiger partial charge in [0.05, 0.1) is 35.8 Å².